The first-order valence-electron chi connectivity index (χ1n) is 10.0. The molecule has 5 heteroatoms. The molecule has 0 saturated carbocycles. The van der Waals surface area contributed by atoms with Crippen molar-refractivity contribution in [2.75, 3.05) is 46.9 Å². The van der Waals surface area contributed by atoms with Crippen LogP contribution < -0.4 is 4.74 Å². The second-order valence-corrected chi connectivity index (χ2v) is 7.85. The van der Waals surface area contributed by atoms with Crippen molar-refractivity contribution in [2.45, 2.75) is 40.2 Å². The fourth-order valence-electron chi connectivity index (χ4n) is 3.79. The van der Waals surface area contributed by atoms with Crippen LogP contribution in [-0.4, -0.2) is 66.5 Å². The quantitative estimate of drug-likeness (QED) is 0.750. The average Bonchev–Trinajstić information content (AvgIpc) is 2.90. The summed E-state index contributed by atoms with van der Waals surface area (Å²) in [7, 11) is 3.96. The molecule has 0 radical (unpaired) electrons. The van der Waals surface area contributed by atoms with Crippen molar-refractivity contribution >= 4 is 0 Å². The van der Waals surface area contributed by atoms with E-state index in [4.69, 9.17) is 9.84 Å². The number of likely N-dealkylation sites (N-methyl/N-ethyl adjacent to an activating group) is 1. The van der Waals surface area contributed by atoms with Gasteiger partial charge in [0.25, 0.3) is 0 Å². The molecular weight excluding hydrogens is 336 g/mol. The zero-order chi connectivity index (χ0) is 19.4. The lowest BCUT2D eigenvalue weighted by molar-refractivity contribution is 0.153. The molecular formula is C22H34N4O. The molecule has 0 atom stereocenters. The van der Waals surface area contributed by atoms with Crippen LogP contribution in [0.4, 0.5) is 0 Å². The summed E-state index contributed by atoms with van der Waals surface area (Å²) in [5.41, 5.74) is 6.21. The molecule has 0 N–H and O–H groups in total. The highest BCUT2D eigenvalue weighted by Gasteiger charge is 2.14. The molecule has 5 nitrogen and oxygen atoms in total. The topological polar surface area (TPSA) is 33.5 Å². The Bertz CT molecular complexity index is 760. The number of benzene rings is 1. The van der Waals surface area contributed by atoms with Crippen molar-refractivity contribution < 1.29 is 4.74 Å². The van der Waals surface area contributed by atoms with E-state index >= 15 is 0 Å². The van der Waals surface area contributed by atoms with E-state index in [1.165, 1.54) is 61.5 Å². The van der Waals surface area contributed by atoms with Gasteiger partial charge in [-0.2, -0.15) is 5.10 Å². The molecule has 1 aliphatic rings. The van der Waals surface area contributed by atoms with Gasteiger partial charge in [-0.1, -0.05) is 12.1 Å². The SMILES string of the molecule is COc1ccc(CCCN2CCN(C)CC2)cc1Cn1nc(C)c(C)c1C. The first kappa shape index (κ1) is 19.9. The minimum atomic E-state index is 0.760. The summed E-state index contributed by atoms with van der Waals surface area (Å²) in [6.45, 7) is 13.1. The molecule has 0 bridgehead atoms. The van der Waals surface area contributed by atoms with Crippen molar-refractivity contribution in [2.24, 2.45) is 0 Å². The van der Waals surface area contributed by atoms with Gasteiger partial charge in [0.05, 0.1) is 19.3 Å². The molecule has 3 rings (SSSR count). The number of rotatable bonds is 7. The highest BCUT2D eigenvalue weighted by Crippen LogP contribution is 2.23. The summed E-state index contributed by atoms with van der Waals surface area (Å²) in [6.07, 6.45) is 2.31. The fraction of sp³-hybridized carbons (Fsp3) is 0.591. The highest BCUT2D eigenvalue weighted by atomic mass is 16.5. The molecule has 2 heterocycles. The van der Waals surface area contributed by atoms with E-state index in [9.17, 15) is 0 Å². The van der Waals surface area contributed by atoms with Gasteiger partial charge in [0.15, 0.2) is 0 Å². The van der Waals surface area contributed by atoms with Crippen molar-refractivity contribution in [3.05, 3.63) is 46.3 Å². The Morgan fingerprint density at radius 3 is 2.44 bits per heavy atom. The molecule has 2 aromatic rings. The molecule has 0 spiro atoms. The Labute approximate surface area is 163 Å². The van der Waals surface area contributed by atoms with E-state index in [1.807, 2.05) is 0 Å². The number of methoxy groups -OCH3 is 1. The standard InChI is InChI=1S/C22H34N4O/c1-17-18(2)23-26(19(17)3)16-21-15-20(8-9-22(21)27-5)7-6-10-25-13-11-24(4)12-14-25/h8-9,15H,6-7,10-14,16H2,1-5H3. The predicted octanol–water partition coefficient (Wildman–Crippen LogP) is 3.05. The van der Waals surface area contributed by atoms with Gasteiger partial charge in [-0.25, -0.2) is 0 Å². The Kier molecular flexibility index (Phi) is 6.55. The van der Waals surface area contributed by atoms with Crippen molar-refractivity contribution in [1.82, 2.24) is 19.6 Å². The lowest BCUT2D eigenvalue weighted by Gasteiger charge is -2.32. The number of aromatic nitrogens is 2. The number of ether oxygens (including phenoxy) is 1. The summed E-state index contributed by atoms with van der Waals surface area (Å²) >= 11 is 0. The van der Waals surface area contributed by atoms with Gasteiger partial charge in [-0.3, -0.25) is 4.68 Å². The zero-order valence-electron chi connectivity index (χ0n) is 17.6. The third-order valence-corrected chi connectivity index (χ3v) is 5.94. The largest absolute Gasteiger partial charge is 0.496 e. The van der Waals surface area contributed by atoms with Gasteiger partial charge in [0.1, 0.15) is 5.75 Å². The van der Waals surface area contributed by atoms with Gasteiger partial charge < -0.3 is 14.5 Å². The van der Waals surface area contributed by atoms with Crippen LogP contribution in [0.3, 0.4) is 0 Å². The van der Waals surface area contributed by atoms with Crippen LogP contribution in [0, 0.1) is 20.8 Å². The minimum absolute atomic E-state index is 0.760. The van der Waals surface area contributed by atoms with Crippen molar-refractivity contribution in [1.29, 1.82) is 0 Å². The molecule has 1 aromatic heterocycles. The predicted molar refractivity (Wildman–Crippen MR) is 111 cm³/mol. The molecule has 1 fully saturated rings. The molecule has 1 saturated heterocycles. The second-order valence-electron chi connectivity index (χ2n) is 7.85. The number of piperazine rings is 1. The lowest BCUT2D eigenvalue weighted by atomic mass is 10.0. The van der Waals surface area contributed by atoms with E-state index in [1.54, 1.807) is 7.11 Å². The molecule has 1 aliphatic heterocycles. The molecule has 0 amide bonds. The monoisotopic (exact) mass is 370 g/mol. The summed E-state index contributed by atoms with van der Waals surface area (Å²) in [4.78, 5) is 5.00. The van der Waals surface area contributed by atoms with E-state index < -0.39 is 0 Å². The van der Waals surface area contributed by atoms with E-state index in [2.05, 4.69) is 60.5 Å². The number of nitrogens with zero attached hydrogens (tertiary/aromatic N) is 4. The van der Waals surface area contributed by atoms with Crippen LogP contribution in [0.2, 0.25) is 0 Å². The van der Waals surface area contributed by atoms with Crippen LogP contribution in [0.5, 0.6) is 5.75 Å². The van der Waals surface area contributed by atoms with Gasteiger partial charge in [-0.05, 0) is 64.4 Å². The molecule has 0 unspecified atom stereocenters. The van der Waals surface area contributed by atoms with Gasteiger partial charge in [-0.15, -0.1) is 0 Å². The Morgan fingerprint density at radius 1 is 1.07 bits per heavy atom. The molecule has 0 aliphatic carbocycles. The van der Waals surface area contributed by atoms with E-state index in [-0.39, 0.29) is 0 Å². The lowest BCUT2D eigenvalue weighted by Crippen LogP contribution is -2.44. The second kappa shape index (κ2) is 8.89. The normalized spacial score (nSPS) is 16.0. The van der Waals surface area contributed by atoms with E-state index in [0.717, 1.165) is 24.4 Å². The van der Waals surface area contributed by atoms with Gasteiger partial charge in [0, 0.05) is 37.4 Å². The van der Waals surface area contributed by atoms with Crippen molar-refractivity contribution in [3.63, 3.8) is 0 Å². The Hall–Kier alpha value is -1.85. The maximum absolute atomic E-state index is 5.61. The first-order valence-corrected chi connectivity index (χ1v) is 10.0. The summed E-state index contributed by atoms with van der Waals surface area (Å²) in [5.74, 6) is 0.947. The zero-order valence-corrected chi connectivity index (χ0v) is 17.6. The van der Waals surface area contributed by atoms with Crippen LogP contribution in [-0.2, 0) is 13.0 Å². The van der Waals surface area contributed by atoms with Crippen LogP contribution >= 0.6 is 0 Å². The van der Waals surface area contributed by atoms with Gasteiger partial charge >= 0.3 is 0 Å². The molecule has 27 heavy (non-hydrogen) atoms. The third kappa shape index (κ3) is 4.90. The number of hydrogen-bond donors (Lipinski definition) is 0. The highest BCUT2D eigenvalue weighted by molar-refractivity contribution is 5.38. The number of aryl methyl sites for hydroxylation is 2. The van der Waals surface area contributed by atoms with Crippen molar-refractivity contribution in [3.8, 4) is 5.75 Å². The maximum atomic E-state index is 5.61. The average molecular weight is 371 g/mol. The fourth-order valence-corrected chi connectivity index (χ4v) is 3.79. The third-order valence-electron chi connectivity index (χ3n) is 5.94. The number of hydrogen-bond acceptors (Lipinski definition) is 4. The summed E-state index contributed by atoms with van der Waals surface area (Å²) in [5, 5.41) is 4.69. The Morgan fingerprint density at radius 2 is 1.81 bits per heavy atom. The molecule has 148 valence electrons. The van der Waals surface area contributed by atoms with Crippen LogP contribution in [0.25, 0.3) is 0 Å². The molecule has 1 aromatic carbocycles. The smallest absolute Gasteiger partial charge is 0.123 e. The summed E-state index contributed by atoms with van der Waals surface area (Å²) in [6, 6.07) is 6.62. The van der Waals surface area contributed by atoms with E-state index in [0.29, 0.717) is 0 Å². The van der Waals surface area contributed by atoms with Crippen LogP contribution in [0.1, 0.15) is 34.5 Å². The summed E-state index contributed by atoms with van der Waals surface area (Å²) < 4.78 is 7.70. The first-order chi connectivity index (χ1) is 13.0. The Balaban J connectivity index is 1.63. The minimum Gasteiger partial charge on any atom is -0.496 e. The van der Waals surface area contributed by atoms with Gasteiger partial charge in [0.2, 0.25) is 0 Å². The van der Waals surface area contributed by atoms with Crippen LogP contribution in [0.15, 0.2) is 18.2 Å². The maximum Gasteiger partial charge on any atom is 0.123 e.